The molecule has 9 heteroatoms. The SMILES string of the molecule is Cc1ccc(CC(=O)Nc2ccc(NC(=O)/C=C/c3cc(-c4ccc(S(C)(=O)=O)cc4)co3)cc2C(=O)c2ccccc2)cc1. The van der Waals surface area contributed by atoms with Crippen molar-refractivity contribution in [3.8, 4) is 11.1 Å². The van der Waals surface area contributed by atoms with Crippen LogP contribution in [0.3, 0.4) is 0 Å². The molecule has 1 aromatic heterocycles. The molecule has 226 valence electrons. The topological polar surface area (TPSA) is 123 Å². The molecule has 2 amide bonds. The summed E-state index contributed by atoms with van der Waals surface area (Å²) in [5.41, 5.74) is 4.80. The molecule has 45 heavy (non-hydrogen) atoms. The van der Waals surface area contributed by atoms with Gasteiger partial charge < -0.3 is 15.1 Å². The minimum absolute atomic E-state index is 0.142. The number of furan rings is 1. The molecule has 5 rings (SSSR count). The smallest absolute Gasteiger partial charge is 0.248 e. The Morgan fingerprint density at radius 1 is 0.800 bits per heavy atom. The molecule has 0 saturated heterocycles. The van der Waals surface area contributed by atoms with E-state index in [2.05, 4.69) is 10.6 Å². The highest BCUT2D eigenvalue weighted by molar-refractivity contribution is 7.90. The molecule has 2 N–H and O–H groups in total. The minimum Gasteiger partial charge on any atom is -0.464 e. The third-order valence-corrected chi connectivity index (χ3v) is 8.09. The zero-order chi connectivity index (χ0) is 32.0. The van der Waals surface area contributed by atoms with Crippen LogP contribution in [0.25, 0.3) is 17.2 Å². The number of carbonyl (C=O) groups is 3. The van der Waals surface area contributed by atoms with Gasteiger partial charge in [0.2, 0.25) is 11.8 Å². The lowest BCUT2D eigenvalue weighted by atomic mass is 10.0. The van der Waals surface area contributed by atoms with E-state index in [-0.39, 0.29) is 28.6 Å². The third-order valence-electron chi connectivity index (χ3n) is 6.96. The van der Waals surface area contributed by atoms with Gasteiger partial charge in [-0.15, -0.1) is 0 Å². The number of benzene rings is 4. The normalized spacial score (nSPS) is 11.3. The molecule has 0 aliphatic carbocycles. The van der Waals surface area contributed by atoms with Crippen molar-refractivity contribution >= 4 is 44.9 Å². The molecule has 0 radical (unpaired) electrons. The Morgan fingerprint density at radius 3 is 2.20 bits per heavy atom. The number of aryl methyl sites for hydroxylation is 1. The van der Waals surface area contributed by atoms with E-state index in [9.17, 15) is 22.8 Å². The van der Waals surface area contributed by atoms with Crippen LogP contribution in [0, 0.1) is 6.92 Å². The van der Waals surface area contributed by atoms with Gasteiger partial charge in [-0.25, -0.2) is 8.42 Å². The van der Waals surface area contributed by atoms with Crippen LogP contribution in [0.2, 0.25) is 0 Å². The summed E-state index contributed by atoms with van der Waals surface area (Å²) in [5, 5.41) is 5.60. The first-order chi connectivity index (χ1) is 21.5. The van der Waals surface area contributed by atoms with Crippen molar-refractivity contribution in [1.29, 1.82) is 0 Å². The number of nitrogens with one attached hydrogen (secondary N) is 2. The van der Waals surface area contributed by atoms with Gasteiger partial charge in [-0.3, -0.25) is 14.4 Å². The Morgan fingerprint density at radius 2 is 1.51 bits per heavy atom. The molecule has 8 nitrogen and oxygen atoms in total. The highest BCUT2D eigenvalue weighted by atomic mass is 32.2. The largest absolute Gasteiger partial charge is 0.464 e. The van der Waals surface area contributed by atoms with Gasteiger partial charge in [-0.2, -0.15) is 0 Å². The van der Waals surface area contributed by atoms with Crippen molar-refractivity contribution < 1.29 is 27.2 Å². The molecule has 5 aromatic rings. The quantitative estimate of drug-likeness (QED) is 0.132. The second kappa shape index (κ2) is 13.4. The predicted molar refractivity (Wildman–Crippen MR) is 175 cm³/mol. The van der Waals surface area contributed by atoms with Gasteiger partial charge in [0.05, 0.1) is 23.3 Å². The van der Waals surface area contributed by atoms with Crippen molar-refractivity contribution in [2.24, 2.45) is 0 Å². The van der Waals surface area contributed by atoms with Crippen molar-refractivity contribution in [2.75, 3.05) is 16.9 Å². The molecular formula is C36H30N2O6S. The Bertz CT molecular complexity index is 1990. The summed E-state index contributed by atoms with van der Waals surface area (Å²) in [6.07, 6.45) is 5.60. The lowest BCUT2D eigenvalue weighted by Crippen LogP contribution is -2.18. The summed E-state index contributed by atoms with van der Waals surface area (Å²) in [4.78, 5) is 39.3. The molecule has 0 atom stereocenters. The molecular weight excluding hydrogens is 588 g/mol. The first kappa shape index (κ1) is 30.9. The van der Waals surface area contributed by atoms with Crippen molar-refractivity contribution in [2.45, 2.75) is 18.2 Å². The lowest BCUT2D eigenvalue weighted by Gasteiger charge is -2.13. The maximum Gasteiger partial charge on any atom is 0.248 e. The number of hydrogen-bond donors (Lipinski definition) is 2. The van der Waals surface area contributed by atoms with E-state index >= 15 is 0 Å². The molecule has 0 spiro atoms. The average Bonchev–Trinajstić information content (AvgIpc) is 3.51. The Balaban J connectivity index is 1.30. The first-order valence-corrected chi connectivity index (χ1v) is 15.9. The maximum atomic E-state index is 13.5. The minimum atomic E-state index is -3.30. The monoisotopic (exact) mass is 618 g/mol. The van der Waals surface area contributed by atoms with Crippen LogP contribution in [-0.2, 0) is 25.8 Å². The van der Waals surface area contributed by atoms with E-state index in [1.165, 1.54) is 36.6 Å². The van der Waals surface area contributed by atoms with Gasteiger partial charge in [0.15, 0.2) is 15.6 Å². The van der Waals surface area contributed by atoms with Gasteiger partial charge in [-0.1, -0.05) is 72.3 Å². The summed E-state index contributed by atoms with van der Waals surface area (Å²) in [7, 11) is -3.30. The summed E-state index contributed by atoms with van der Waals surface area (Å²) in [5.74, 6) is -0.621. The predicted octanol–water partition coefficient (Wildman–Crippen LogP) is 6.72. The molecule has 0 saturated carbocycles. The van der Waals surface area contributed by atoms with E-state index in [1.807, 2.05) is 31.2 Å². The fourth-order valence-corrected chi connectivity index (χ4v) is 5.21. The van der Waals surface area contributed by atoms with Crippen LogP contribution in [-0.4, -0.2) is 32.3 Å². The number of rotatable bonds is 10. The van der Waals surface area contributed by atoms with Crippen molar-refractivity contribution in [1.82, 2.24) is 0 Å². The summed E-state index contributed by atoms with van der Waals surface area (Å²) in [6, 6.07) is 29.2. The van der Waals surface area contributed by atoms with Crippen molar-refractivity contribution in [3.05, 3.63) is 143 Å². The second-order valence-corrected chi connectivity index (χ2v) is 12.5. The Labute approximate surface area is 261 Å². The number of anilines is 2. The number of sulfone groups is 1. The number of carbonyl (C=O) groups excluding carboxylic acids is 3. The second-order valence-electron chi connectivity index (χ2n) is 10.5. The number of amides is 2. The Kier molecular flexibility index (Phi) is 9.20. The molecule has 4 aromatic carbocycles. The zero-order valence-corrected chi connectivity index (χ0v) is 25.4. The van der Waals surface area contributed by atoms with E-state index < -0.39 is 15.7 Å². The summed E-state index contributed by atoms with van der Waals surface area (Å²) in [6.45, 7) is 1.97. The van der Waals surface area contributed by atoms with Crippen LogP contribution in [0.1, 0.15) is 32.8 Å². The molecule has 0 bridgehead atoms. The molecule has 1 heterocycles. The molecule has 0 fully saturated rings. The molecule has 0 aliphatic heterocycles. The summed E-state index contributed by atoms with van der Waals surface area (Å²) < 4.78 is 29.0. The van der Waals surface area contributed by atoms with Gasteiger partial charge in [0, 0.05) is 34.7 Å². The van der Waals surface area contributed by atoms with Crippen LogP contribution >= 0.6 is 0 Å². The van der Waals surface area contributed by atoms with Crippen LogP contribution in [0.5, 0.6) is 0 Å². The molecule has 0 unspecified atom stereocenters. The molecule has 0 aliphatic rings. The standard InChI is InChI=1S/C36H30N2O6S/c1-24-8-10-25(11-9-24)20-35(40)38-33-18-14-29(22-32(33)36(41)27-6-4-3-5-7-27)37-34(39)19-15-30-21-28(23-44-30)26-12-16-31(17-13-26)45(2,42)43/h3-19,21-23H,20H2,1-2H3,(H,37,39)(H,38,40)/b19-15+. The highest BCUT2D eigenvalue weighted by Crippen LogP contribution is 2.26. The Hall–Kier alpha value is -5.54. The highest BCUT2D eigenvalue weighted by Gasteiger charge is 2.17. The van der Waals surface area contributed by atoms with E-state index in [0.29, 0.717) is 22.7 Å². The van der Waals surface area contributed by atoms with Gasteiger partial charge in [0.1, 0.15) is 5.76 Å². The van der Waals surface area contributed by atoms with E-state index in [0.717, 1.165) is 28.5 Å². The van der Waals surface area contributed by atoms with Crippen LogP contribution < -0.4 is 10.6 Å². The maximum absolute atomic E-state index is 13.5. The van der Waals surface area contributed by atoms with Crippen molar-refractivity contribution in [3.63, 3.8) is 0 Å². The van der Waals surface area contributed by atoms with Crippen LogP contribution in [0.4, 0.5) is 11.4 Å². The van der Waals surface area contributed by atoms with Crippen LogP contribution in [0.15, 0.2) is 125 Å². The summed E-state index contributed by atoms with van der Waals surface area (Å²) >= 11 is 0. The van der Waals surface area contributed by atoms with Gasteiger partial charge in [-0.05, 0) is 60.5 Å². The van der Waals surface area contributed by atoms with Gasteiger partial charge in [0.25, 0.3) is 0 Å². The van der Waals surface area contributed by atoms with Gasteiger partial charge >= 0.3 is 0 Å². The van der Waals surface area contributed by atoms with E-state index in [4.69, 9.17) is 4.42 Å². The fourth-order valence-electron chi connectivity index (χ4n) is 4.58. The zero-order valence-electron chi connectivity index (χ0n) is 24.6. The lowest BCUT2D eigenvalue weighted by molar-refractivity contribution is -0.115. The third kappa shape index (κ3) is 8.10. The number of ketones is 1. The first-order valence-electron chi connectivity index (χ1n) is 14.0. The average molecular weight is 619 g/mol. The number of hydrogen-bond acceptors (Lipinski definition) is 6. The fraction of sp³-hybridized carbons (Fsp3) is 0.0833. The van der Waals surface area contributed by atoms with E-state index in [1.54, 1.807) is 60.7 Å².